The highest BCUT2D eigenvalue weighted by Crippen LogP contribution is 2.24. The van der Waals surface area contributed by atoms with E-state index >= 15 is 0 Å². The maximum absolute atomic E-state index is 12.3. The average molecular weight is 474 g/mol. The molecule has 0 aliphatic rings. The summed E-state index contributed by atoms with van der Waals surface area (Å²) >= 11 is 3.29. The fourth-order valence-electron chi connectivity index (χ4n) is 1.43. The molecule has 1 aromatic rings. The predicted molar refractivity (Wildman–Crippen MR) is 93.2 cm³/mol. The number of nitrogens with one attached hydrogen (secondary N) is 2. The van der Waals surface area contributed by atoms with Crippen molar-refractivity contribution in [1.82, 2.24) is 10.6 Å². The van der Waals surface area contributed by atoms with E-state index in [1.807, 2.05) is 0 Å². The van der Waals surface area contributed by atoms with E-state index in [-0.39, 0.29) is 36.3 Å². The molecule has 21 heavy (non-hydrogen) atoms. The maximum Gasteiger partial charge on any atom is 0.387 e. The van der Waals surface area contributed by atoms with E-state index in [9.17, 15) is 8.78 Å². The molecule has 0 aromatic heterocycles. The SMILES string of the molecule is C#CCNC(=NC)NCc1cc(Br)ccc1OC(F)F.I. The van der Waals surface area contributed by atoms with Crippen LogP contribution in [0.2, 0.25) is 0 Å². The topological polar surface area (TPSA) is 45.7 Å². The quantitative estimate of drug-likeness (QED) is 0.299. The van der Waals surface area contributed by atoms with E-state index in [0.717, 1.165) is 4.47 Å². The first kappa shape index (κ1) is 19.9. The summed E-state index contributed by atoms with van der Waals surface area (Å²) in [4.78, 5) is 3.95. The number of hydrogen-bond acceptors (Lipinski definition) is 2. The molecule has 8 heteroatoms. The Morgan fingerprint density at radius 2 is 2.19 bits per heavy atom. The van der Waals surface area contributed by atoms with Crippen molar-refractivity contribution in [1.29, 1.82) is 0 Å². The molecule has 0 aliphatic heterocycles. The fraction of sp³-hybridized carbons (Fsp3) is 0.308. The predicted octanol–water partition coefficient (Wildman–Crippen LogP) is 2.97. The average Bonchev–Trinajstić information content (AvgIpc) is 2.41. The van der Waals surface area contributed by atoms with Crippen molar-refractivity contribution in [2.75, 3.05) is 13.6 Å². The Morgan fingerprint density at radius 1 is 1.48 bits per heavy atom. The van der Waals surface area contributed by atoms with Crippen LogP contribution in [-0.4, -0.2) is 26.2 Å². The Labute approximate surface area is 147 Å². The van der Waals surface area contributed by atoms with Crippen LogP contribution in [0.5, 0.6) is 5.75 Å². The summed E-state index contributed by atoms with van der Waals surface area (Å²) in [6.07, 6.45) is 5.13. The third-order valence-corrected chi connectivity index (χ3v) is 2.76. The van der Waals surface area contributed by atoms with Crippen LogP contribution in [0.1, 0.15) is 5.56 Å². The molecular weight excluding hydrogens is 459 g/mol. The second-order valence-electron chi connectivity index (χ2n) is 3.61. The minimum Gasteiger partial charge on any atom is -0.434 e. The van der Waals surface area contributed by atoms with E-state index in [1.165, 1.54) is 6.07 Å². The molecular formula is C13H15BrF2IN3O. The standard InChI is InChI=1S/C13H14BrF2N3O.HI/c1-3-6-18-13(17-2)19-8-9-7-10(14)4-5-11(9)20-12(15)16;/h1,4-5,7,12H,6,8H2,2H3,(H2,17,18,19);1H. The van der Waals surface area contributed by atoms with Gasteiger partial charge in [-0.3, -0.25) is 4.99 Å². The second-order valence-corrected chi connectivity index (χ2v) is 4.53. The summed E-state index contributed by atoms with van der Waals surface area (Å²) in [5, 5.41) is 5.83. The number of rotatable bonds is 5. The lowest BCUT2D eigenvalue weighted by Gasteiger charge is -2.14. The van der Waals surface area contributed by atoms with E-state index in [1.54, 1.807) is 19.2 Å². The zero-order chi connectivity index (χ0) is 15.0. The number of guanidine groups is 1. The van der Waals surface area contributed by atoms with Gasteiger partial charge in [-0.25, -0.2) is 0 Å². The first-order chi connectivity index (χ1) is 9.56. The first-order valence-corrected chi connectivity index (χ1v) is 6.47. The number of ether oxygens (including phenoxy) is 1. The smallest absolute Gasteiger partial charge is 0.387 e. The molecule has 0 radical (unpaired) electrons. The summed E-state index contributed by atoms with van der Waals surface area (Å²) in [7, 11) is 1.59. The molecule has 2 N–H and O–H groups in total. The molecule has 0 saturated heterocycles. The monoisotopic (exact) mass is 473 g/mol. The van der Waals surface area contributed by atoms with Crippen LogP contribution >= 0.6 is 39.9 Å². The van der Waals surface area contributed by atoms with Crippen LogP contribution in [0.4, 0.5) is 8.78 Å². The third kappa shape index (κ3) is 7.47. The molecule has 0 heterocycles. The van der Waals surface area contributed by atoms with Gasteiger partial charge in [0.05, 0.1) is 6.54 Å². The van der Waals surface area contributed by atoms with Gasteiger partial charge in [0.2, 0.25) is 0 Å². The second kappa shape index (κ2) is 10.6. The van der Waals surface area contributed by atoms with Gasteiger partial charge in [-0.15, -0.1) is 30.4 Å². The molecule has 0 atom stereocenters. The number of terminal acetylenes is 1. The summed E-state index contributed by atoms with van der Waals surface area (Å²) in [6.45, 7) is -2.28. The summed E-state index contributed by atoms with van der Waals surface area (Å²) < 4.78 is 29.9. The number of hydrogen-bond donors (Lipinski definition) is 2. The zero-order valence-electron chi connectivity index (χ0n) is 11.2. The number of halogens is 4. The lowest BCUT2D eigenvalue weighted by molar-refractivity contribution is -0.0504. The van der Waals surface area contributed by atoms with Crippen molar-refractivity contribution in [2.45, 2.75) is 13.2 Å². The Kier molecular flexibility index (Phi) is 10.1. The molecule has 4 nitrogen and oxygen atoms in total. The van der Waals surface area contributed by atoms with Crippen LogP contribution in [0.15, 0.2) is 27.7 Å². The third-order valence-electron chi connectivity index (χ3n) is 2.27. The summed E-state index contributed by atoms with van der Waals surface area (Å²) in [5.41, 5.74) is 0.573. The van der Waals surface area contributed by atoms with Gasteiger partial charge in [-0.05, 0) is 18.2 Å². The van der Waals surface area contributed by atoms with Crippen molar-refractivity contribution in [3.05, 3.63) is 28.2 Å². The van der Waals surface area contributed by atoms with Crippen LogP contribution in [-0.2, 0) is 6.54 Å². The van der Waals surface area contributed by atoms with Gasteiger partial charge in [0.1, 0.15) is 5.75 Å². The van der Waals surface area contributed by atoms with E-state index in [2.05, 4.69) is 42.2 Å². The Balaban J connectivity index is 0.00000400. The Hall–Kier alpha value is -1.08. The van der Waals surface area contributed by atoms with E-state index < -0.39 is 6.61 Å². The van der Waals surface area contributed by atoms with Gasteiger partial charge in [0.15, 0.2) is 5.96 Å². The molecule has 0 saturated carbocycles. The molecule has 1 rings (SSSR count). The number of benzene rings is 1. The van der Waals surface area contributed by atoms with Crippen molar-refractivity contribution >= 4 is 45.9 Å². The summed E-state index contributed by atoms with van der Waals surface area (Å²) in [5.74, 6) is 3.01. The zero-order valence-corrected chi connectivity index (χ0v) is 15.1. The molecule has 0 amide bonds. The molecule has 1 aromatic carbocycles. The highest BCUT2D eigenvalue weighted by molar-refractivity contribution is 14.0. The van der Waals surface area contributed by atoms with Gasteiger partial charge >= 0.3 is 6.61 Å². The van der Waals surface area contributed by atoms with Gasteiger partial charge in [0.25, 0.3) is 0 Å². The minimum atomic E-state index is -2.87. The van der Waals surface area contributed by atoms with Crippen LogP contribution in [0.3, 0.4) is 0 Å². The minimum absolute atomic E-state index is 0. The summed E-state index contributed by atoms with van der Waals surface area (Å²) in [6, 6.07) is 4.80. The highest BCUT2D eigenvalue weighted by Gasteiger charge is 2.10. The van der Waals surface area contributed by atoms with Gasteiger partial charge in [0, 0.05) is 23.6 Å². The fourth-order valence-corrected chi connectivity index (χ4v) is 1.84. The lowest BCUT2D eigenvalue weighted by atomic mass is 10.2. The Bertz CT molecular complexity index is 521. The van der Waals surface area contributed by atoms with E-state index in [4.69, 9.17) is 6.42 Å². The van der Waals surface area contributed by atoms with Crippen molar-refractivity contribution in [3.63, 3.8) is 0 Å². The molecule has 0 spiro atoms. The maximum atomic E-state index is 12.3. The molecule has 0 unspecified atom stereocenters. The number of aliphatic imine (C=N–C) groups is 1. The molecule has 116 valence electrons. The largest absolute Gasteiger partial charge is 0.434 e. The van der Waals surface area contributed by atoms with E-state index in [0.29, 0.717) is 18.1 Å². The van der Waals surface area contributed by atoms with Gasteiger partial charge in [-0.2, -0.15) is 8.78 Å². The van der Waals surface area contributed by atoms with Crippen molar-refractivity contribution < 1.29 is 13.5 Å². The van der Waals surface area contributed by atoms with Crippen LogP contribution in [0, 0.1) is 12.3 Å². The molecule has 0 fully saturated rings. The Morgan fingerprint density at radius 3 is 2.76 bits per heavy atom. The highest BCUT2D eigenvalue weighted by atomic mass is 127. The van der Waals surface area contributed by atoms with Crippen molar-refractivity contribution in [3.8, 4) is 18.1 Å². The van der Waals surface area contributed by atoms with Gasteiger partial charge in [-0.1, -0.05) is 21.9 Å². The van der Waals surface area contributed by atoms with Crippen LogP contribution < -0.4 is 15.4 Å². The molecule has 0 bridgehead atoms. The normalized spacial score (nSPS) is 10.6. The van der Waals surface area contributed by atoms with Crippen LogP contribution in [0.25, 0.3) is 0 Å². The molecule has 0 aliphatic carbocycles. The first-order valence-electron chi connectivity index (χ1n) is 5.68. The van der Waals surface area contributed by atoms with Crippen molar-refractivity contribution in [2.24, 2.45) is 4.99 Å². The number of alkyl halides is 2. The van der Waals surface area contributed by atoms with Gasteiger partial charge < -0.3 is 15.4 Å². The number of nitrogens with zero attached hydrogens (tertiary/aromatic N) is 1. The lowest BCUT2D eigenvalue weighted by Crippen LogP contribution is -2.37.